The first-order chi connectivity index (χ1) is 8.67. The largest absolute Gasteiger partial charge is 0.340 e. The van der Waals surface area contributed by atoms with Crippen LogP contribution in [-0.4, -0.2) is 19.7 Å². The van der Waals surface area contributed by atoms with Crippen LogP contribution in [0.1, 0.15) is 36.8 Å². The van der Waals surface area contributed by atoms with E-state index in [4.69, 9.17) is 4.98 Å². The highest BCUT2D eigenvalue weighted by atomic mass is 15.3. The Hall–Kier alpha value is -1.58. The van der Waals surface area contributed by atoms with Crippen molar-refractivity contribution in [3.63, 3.8) is 0 Å². The number of nitrogens with one attached hydrogen (secondary N) is 1. The lowest BCUT2D eigenvalue weighted by atomic mass is 9.88. The van der Waals surface area contributed by atoms with Crippen molar-refractivity contribution in [1.29, 1.82) is 0 Å². The van der Waals surface area contributed by atoms with Crippen LogP contribution in [0.3, 0.4) is 0 Å². The second kappa shape index (κ2) is 4.26. The van der Waals surface area contributed by atoms with Gasteiger partial charge >= 0.3 is 0 Å². The fourth-order valence-corrected chi connectivity index (χ4v) is 2.70. The summed E-state index contributed by atoms with van der Waals surface area (Å²) in [4.78, 5) is 8.18. The van der Waals surface area contributed by atoms with Crippen LogP contribution in [0.4, 0.5) is 0 Å². The second-order valence-corrected chi connectivity index (χ2v) is 5.32. The van der Waals surface area contributed by atoms with Crippen molar-refractivity contribution in [3.05, 3.63) is 23.1 Å². The van der Waals surface area contributed by atoms with E-state index in [0.717, 1.165) is 36.0 Å². The van der Waals surface area contributed by atoms with Gasteiger partial charge in [-0.3, -0.25) is 4.68 Å². The molecule has 0 saturated carbocycles. The van der Waals surface area contributed by atoms with Gasteiger partial charge in [-0.1, -0.05) is 13.3 Å². The first-order valence-electron chi connectivity index (χ1n) is 6.76. The Bertz CT molecular complexity index is 545. The monoisotopic (exact) mass is 244 g/mol. The quantitative estimate of drug-likeness (QED) is 0.882. The molecule has 2 aromatic rings. The fraction of sp³-hybridized carbons (Fsp3) is 0.571. The molecule has 1 aliphatic rings. The molecule has 18 heavy (non-hydrogen) atoms. The van der Waals surface area contributed by atoms with E-state index in [1.54, 1.807) is 0 Å². The Balaban J connectivity index is 1.94. The number of nitrogens with zero attached hydrogens (tertiary/aromatic N) is 3. The molecule has 0 spiro atoms. The highest BCUT2D eigenvalue weighted by Gasteiger charge is 2.22. The number of H-pyrrole nitrogens is 1. The van der Waals surface area contributed by atoms with E-state index in [1.165, 1.54) is 24.2 Å². The molecule has 4 heteroatoms. The highest BCUT2D eigenvalue weighted by Crippen LogP contribution is 2.28. The smallest absolute Gasteiger partial charge is 0.158 e. The third kappa shape index (κ3) is 1.85. The summed E-state index contributed by atoms with van der Waals surface area (Å²) in [5.41, 5.74) is 4.69. The van der Waals surface area contributed by atoms with Crippen molar-refractivity contribution < 1.29 is 0 Å². The highest BCUT2D eigenvalue weighted by molar-refractivity contribution is 5.51. The van der Waals surface area contributed by atoms with Gasteiger partial charge in [0.25, 0.3) is 0 Å². The van der Waals surface area contributed by atoms with Crippen molar-refractivity contribution in [3.8, 4) is 11.5 Å². The van der Waals surface area contributed by atoms with Crippen molar-refractivity contribution in [2.45, 2.75) is 39.5 Å². The van der Waals surface area contributed by atoms with Crippen molar-refractivity contribution in [1.82, 2.24) is 19.7 Å². The molecule has 1 N–H and O–H groups in total. The Morgan fingerprint density at radius 2 is 2.33 bits per heavy atom. The molecule has 2 aromatic heterocycles. The fourth-order valence-electron chi connectivity index (χ4n) is 2.70. The molecule has 0 aromatic carbocycles. The average Bonchev–Trinajstić information content (AvgIpc) is 2.92. The molecule has 0 aliphatic heterocycles. The molecule has 0 saturated heterocycles. The van der Waals surface area contributed by atoms with Gasteiger partial charge in [0.1, 0.15) is 5.69 Å². The van der Waals surface area contributed by atoms with Crippen molar-refractivity contribution in [2.24, 2.45) is 13.0 Å². The van der Waals surface area contributed by atoms with Crippen molar-refractivity contribution >= 4 is 0 Å². The molecular weight excluding hydrogens is 224 g/mol. The van der Waals surface area contributed by atoms with E-state index in [-0.39, 0.29) is 0 Å². The van der Waals surface area contributed by atoms with Crippen LogP contribution < -0.4 is 0 Å². The molecule has 0 bridgehead atoms. The normalized spacial score (nSPS) is 18.9. The average molecular weight is 244 g/mol. The zero-order valence-corrected chi connectivity index (χ0v) is 11.3. The summed E-state index contributed by atoms with van der Waals surface area (Å²) in [5, 5.41) is 4.49. The Morgan fingerprint density at radius 1 is 1.50 bits per heavy atom. The van der Waals surface area contributed by atoms with Crippen LogP contribution in [0.25, 0.3) is 11.5 Å². The molecule has 1 aliphatic carbocycles. The SMILES string of the molecule is CCC1CCc2nc(-c3cc(C)n(C)n3)[nH]c2C1. The molecule has 2 heterocycles. The van der Waals surface area contributed by atoms with Crippen LogP contribution in [0.5, 0.6) is 0 Å². The summed E-state index contributed by atoms with van der Waals surface area (Å²) >= 11 is 0. The number of hydrogen-bond acceptors (Lipinski definition) is 2. The maximum atomic E-state index is 4.71. The molecule has 3 rings (SSSR count). The minimum Gasteiger partial charge on any atom is -0.340 e. The third-order valence-corrected chi connectivity index (χ3v) is 4.08. The van der Waals surface area contributed by atoms with E-state index in [2.05, 4.69) is 30.0 Å². The van der Waals surface area contributed by atoms with Gasteiger partial charge in [0.2, 0.25) is 0 Å². The van der Waals surface area contributed by atoms with E-state index in [9.17, 15) is 0 Å². The summed E-state index contributed by atoms with van der Waals surface area (Å²) in [6.45, 7) is 4.33. The van der Waals surface area contributed by atoms with Gasteiger partial charge in [-0.05, 0) is 38.2 Å². The van der Waals surface area contributed by atoms with Gasteiger partial charge in [-0.15, -0.1) is 0 Å². The number of imidazole rings is 1. The van der Waals surface area contributed by atoms with Crippen LogP contribution in [0.2, 0.25) is 0 Å². The zero-order chi connectivity index (χ0) is 12.7. The van der Waals surface area contributed by atoms with Crippen LogP contribution >= 0.6 is 0 Å². The minimum atomic E-state index is 0.816. The van der Waals surface area contributed by atoms with Gasteiger partial charge in [0.15, 0.2) is 5.82 Å². The molecule has 96 valence electrons. The molecule has 0 fully saturated rings. The number of aromatic nitrogens is 4. The second-order valence-electron chi connectivity index (χ2n) is 5.32. The Kier molecular flexibility index (Phi) is 2.73. The molecule has 0 radical (unpaired) electrons. The first kappa shape index (κ1) is 11.5. The number of fused-ring (bicyclic) bond motifs is 1. The van der Waals surface area contributed by atoms with Crippen LogP contribution in [0.15, 0.2) is 6.07 Å². The predicted molar refractivity (Wildman–Crippen MR) is 71.3 cm³/mol. The maximum absolute atomic E-state index is 4.71. The van der Waals surface area contributed by atoms with Crippen LogP contribution in [0, 0.1) is 12.8 Å². The minimum absolute atomic E-state index is 0.816. The molecule has 1 unspecified atom stereocenters. The summed E-state index contributed by atoms with van der Waals surface area (Å²) in [5.74, 6) is 1.75. The van der Waals surface area contributed by atoms with E-state index < -0.39 is 0 Å². The topological polar surface area (TPSA) is 46.5 Å². The molecule has 0 amide bonds. The first-order valence-corrected chi connectivity index (χ1v) is 6.76. The molecule has 1 atom stereocenters. The van der Waals surface area contributed by atoms with Gasteiger partial charge in [0, 0.05) is 18.4 Å². The summed E-state index contributed by atoms with van der Waals surface area (Å²) in [7, 11) is 1.97. The molecule has 4 nitrogen and oxygen atoms in total. The maximum Gasteiger partial charge on any atom is 0.158 e. The van der Waals surface area contributed by atoms with Gasteiger partial charge < -0.3 is 4.98 Å². The Morgan fingerprint density at radius 3 is 3.00 bits per heavy atom. The van der Waals surface area contributed by atoms with E-state index in [0.29, 0.717) is 0 Å². The number of rotatable bonds is 2. The van der Waals surface area contributed by atoms with E-state index >= 15 is 0 Å². The lowest BCUT2D eigenvalue weighted by molar-refractivity contribution is 0.438. The molecular formula is C14H20N4. The number of aryl methyl sites for hydroxylation is 3. The van der Waals surface area contributed by atoms with Gasteiger partial charge in [-0.2, -0.15) is 5.10 Å². The van der Waals surface area contributed by atoms with Crippen LogP contribution in [-0.2, 0) is 19.9 Å². The van der Waals surface area contributed by atoms with Gasteiger partial charge in [-0.25, -0.2) is 4.98 Å². The standard InChI is InChI=1S/C14H20N4/c1-4-10-5-6-11-12(8-10)16-14(15-11)13-7-9(2)18(3)17-13/h7,10H,4-6,8H2,1-3H3,(H,15,16). The van der Waals surface area contributed by atoms with Crippen molar-refractivity contribution in [2.75, 3.05) is 0 Å². The summed E-state index contributed by atoms with van der Waals surface area (Å²) in [6.07, 6.45) is 4.78. The third-order valence-electron chi connectivity index (χ3n) is 4.08. The zero-order valence-electron chi connectivity index (χ0n) is 11.3. The Labute approximate surface area is 107 Å². The van der Waals surface area contributed by atoms with Gasteiger partial charge in [0.05, 0.1) is 5.69 Å². The lowest BCUT2D eigenvalue weighted by Gasteiger charge is -2.18. The number of aromatic amines is 1. The lowest BCUT2D eigenvalue weighted by Crippen LogP contribution is -2.12. The summed E-state index contributed by atoms with van der Waals surface area (Å²) < 4.78 is 1.89. The number of hydrogen-bond donors (Lipinski definition) is 1. The predicted octanol–water partition coefficient (Wildman–Crippen LogP) is 2.63. The summed E-state index contributed by atoms with van der Waals surface area (Å²) in [6, 6.07) is 2.08. The van der Waals surface area contributed by atoms with E-state index in [1.807, 2.05) is 11.7 Å².